The van der Waals surface area contributed by atoms with Crippen LogP contribution in [-0.4, -0.2) is 26.5 Å². The summed E-state index contributed by atoms with van der Waals surface area (Å²) in [6.07, 6.45) is 3.15. The highest BCUT2D eigenvalue weighted by atomic mass is 16.2. The van der Waals surface area contributed by atoms with Gasteiger partial charge in [-0.15, -0.1) is 5.10 Å². The zero-order valence-electron chi connectivity index (χ0n) is 11.3. The molecule has 104 valence electrons. The van der Waals surface area contributed by atoms with E-state index in [9.17, 15) is 4.79 Å². The van der Waals surface area contributed by atoms with Crippen LogP contribution in [0.5, 0.6) is 0 Å². The van der Waals surface area contributed by atoms with Gasteiger partial charge in [-0.3, -0.25) is 10.1 Å². The van der Waals surface area contributed by atoms with Crippen molar-refractivity contribution in [3.63, 3.8) is 0 Å². The molecule has 3 rings (SSSR count). The molecule has 6 heteroatoms. The molecule has 1 atom stereocenters. The Morgan fingerprint density at radius 2 is 2.15 bits per heavy atom. The van der Waals surface area contributed by atoms with Gasteiger partial charge in [-0.05, 0) is 35.5 Å². The van der Waals surface area contributed by atoms with Crippen LogP contribution in [0.3, 0.4) is 0 Å². The number of carbonyl (C=O) groups is 1. The largest absolute Gasteiger partial charge is 0.292 e. The minimum Gasteiger partial charge on any atom is -0.292 e. The van der Waals surface area contributed by atoms with Crippen LogP contribution in [0.1, 0.15) is 31.7 Å². The molecule has 0 radical (unpaired) electrons. The van der Waals surface area contributed by atoms with E-state index < -0.39 is 0 Å². The van der Waals surface area contributed by atoms with Crippen molar-refractivity contribution in [3.8, 4) is 0 Å². The van der Waals surface area contributed by atoms with E-state index in [4.69, 9.17) is 0 Å². The van der Waals surface area contributed by atoms with Gasteiger partial charge in [0.1, 0.15) is 0 Å². The van der Waals surface area contributed by atoms with Crippen LogP contribution >= 0.6 is 0 Å². The van der Waals surface area contributed by atoms with Crippen LogP contribution in [-0.2, 0) is 10.2 Å². The standard InChI is InChI=1S/C14H17N5O/c1-10(12(20)15-13-16-18-19-17-13)9-14(7-8-14)11-5-3-2-4-6-11/h2-6,10H,7-9H2,1H3,(H2,15,16,17,18,19,20). The third-order valence-electron chi connectivity index (χ3n) is 3.96. The molecule has 2 aromatic rings. The quantitative estimate of drug-likeness (QED) is 0.870. The van der Waals surface area contributed by atoms with Crippen molar-refractivity contribution < 1.29 is 4.79 Å². The van der Waals surface area contributed by atoms with Gasteiger partial charge in [0.2, 0.25) is 5.91 Å². The maximum Gasteiger partial charge on any atom is 0.269 e. The van der Waals surface area contributed by atoms with Crippen molar-refractivity contribution in [3.05, 3.63) is 35.9 Å². The Morgan fingerprint density at radius 1 is 1.40 bits per heavy atom. The zero-order chi connectivity index (χ0) is 14.0. The van der Waals surface area contributed by atoms with Gasteiger partial charge in [0.05, 0.1) is 0 Å². The molecule has 0 aliphatic heterocycles. The molecule has 0 spiro atoms. The second-order valence-electron chi connectivity index (χ2n) is 5.48. The summed E-state index contributed by atoms with van der Waals surface area (Å²) >= 11 is 0. The van der Waals surface area contributed by atoms with Crippen molar-refractivity contribution in [2.45, 2.75) is 31.6 Å². The average molecular weight is 271 g/mol. The highest BCUT2D eigenvalue weighted by Gasteiger charge is 2.45. The van der Waals surface area contributed by atoms with Crippen molar-refractivity contribution in [1.29, 1.82) is 0 Å². The minimum atomic E-state index is -0.0868. The highest BCUT2D eigenvalue weighted by molar-refractivity contribution is 5.90. The van der Waals surface area contributed by atoms with Gasteiger partial charge in [0.15, 0.2) is 0 Å². The number of nitrogens with zero attached hydrogens (tertiary/aromatic N) is 3. The van der Waals surface area contributed by atoms with Gasteiger partial charge >= 0.3 is 0 Å². The number of nitrogens with one attached hydrogen (secondary N) is 2. The number of hydrogen-bond acceptors (Lipinski definition) is 4. The number of H-pyrrole nitrogens is 1. The summed E-state index contributed by atoms with van der Waals surface area (Å²) in [5.74, 6) is 0.0798. The number of aromatic amines is 1. The second-order valence-corrected chi connectivity index (χ2v) is 5.48. The van der Waals surface area contributed by atoms with E-state index in [2.05, 4.69) is 50.2 Å². The lowest BCUT2D eigenvalue weighted by Crippen LogP contribution is -2.25. The van der Waals surface area contributed by atoms with Gasteiger partial charge < -0.3 is 0 Å². The molecule has 1 aromatic heterocycles. The fraction of sp³-hybridized carbons (Fsp3) is 0.429. The van der Waals surface area contributed by atoms with E-state index in [1.54, 1.807) is 0 Å². The molecule has 1 amide bonds. The summed E-state index contributed by atoms with van der Waals surface area (Å²) in [6.45, 7) is 1.94. The minimum absolute atomic E-state index is 0.0615. The first-order chi connectivity index (χ1) is 9.70. The van der Waals surface area contributed by atoms with Crippen molar-refractivity contribution >= 4 is 11.9 Å². The van der Waals surface area contributed by atoms with Crippen LogP contribution in [0.4, 0.5) is 5.95 Å². The first kappa shape index (κ1) is 12.8. The third kappa shape index (κ3) is 2.54. The summed E-state index contributed by atoms with van der Waals surface area (Å²) < 4.78 is 0. The van der Waals surface area contributed by atoms with Gasteiger partial charge in [-0.1, -0.05) is 42.4 Å². The van der Waals surface area contributed by atoms with E-state index in [1.165, 1.54) is 5.56 Å². The summed E-state index contributed by atoms with van der Waals surface area (Å²) in [6, 6.07) is 10.4. The molecule has 1 heterocycles. The summed E-state index contributed by atoms with van der Waals surface area (Å²) in [5, 5.41) is 15.9. The Kier molecular flexibility index (Phi) is 3.22. The van der Waals surface area contributed by atoms with E-state index in [-0.39, 0.29) is 23.2 Å². The van der Waals surface area contributed by atoms with Gasteiger partial charge in [0.25, 0.3) is 5.95 Å². The molecule has 0 bridgehead atoms. The predicted molar refractivity (Wildman–Crippen MR) is 73.9 cm³/mol. The Morgan fingerprint density at radius 3 is 2.75 bits per heavy atom. The van der Waals surface area contributed by atoms with Gasteiger partial charge in [0, 0.05) is 5.92 Å². The number of aromatic nitrogens is 4. The Balaban J connectivity index is 1.64. The number of rotatable bonds is 5. The van der Waals surface area contributed by atoms with E-state index in [0.717, 1.165) is 19.3 Å². The fourth-order valence-corrected chi connectivity index (χ4v) is 2.68. The van der Waals surface area contributed by atoms with Gasteiger partial charge in [-0.2, -0.15) is 5.21 Å². The molecular weight excluding hydrogens is 254 g/mol. The zero-order valence-corrected chi connectivity index (χ0v) is 11.3. The number of amides is 1. The van der Waals surface area contributed by atoms with Crippen LogP contribution in [0, 0.1) is 5.92 Å². The van der Waals surface area contributed by atoms with Crippen molar-refractivity contribution in [1.82, 2.24) is 20.6 Å². The average Bonchev–Trinajstić information content (AvgIpc) is 3.07. The van der Waals surface area contributed by atoms with E-state index >= 15 is 0 Å². The van der Waals surface area contributed by atoms with E-state index in [0.29, 0.717) is 0 Å². The molecule has 1 aliphatic carbocycles. The van der Waals surface area contributed by atoms with Crippen molar-refractivity contribution in [2.24, 2.45) is 5.92 Å². The maximum absolute atomic E-state index is 12.1. The number of anilines is 1. The summed E-state index contributed by atoms with van der Waals surface area (Å²) in [7, 11) is 0. The lowest BCUT2D eigenvalue weighted by atomic mass is 9.86. The molecule has 1 fully saturated rings. The molecule has 2 N–H and O–H groups in total. The third-order valence-corrected chi connectivity index (χ3v) is 3.96. The lowest BCUT2D eigenvalue weighted by Gasteiger charge is -2.19. The molecule has 1 aliphatic rings. The SMILES string of the molecule is CC(CC1(c2ccccc2)CC1)C(=O)Nc1nn[nH]n1. The van der Waals surface area contributed by atoms with Crippen molar-refractivity contribution in [2.75, 3.05) is 5.32 Å². The number of benzene rings is 1. The Labute approximate surface area is 117 Å². The van der Waals surface area contributed by atoms with E-state index in [1.807, 2.05) is 13.0 Å². The normalized spacial score (nSPS) is 17.4. The number of carbonyl (C=O) groups excluding carboxylic acids is 1. The smallest absolute Gasteiger partial charge is 0.269 e. The van der Waals surface area contributed by atoms with Crippen LogP contribution in [0.25, 0.3) is 0 Å². The topological polar surface area (TPSA) is 83.6 Å². The highest BCUT2D eigenvalue weighted by Crippen LogP contribution is 2.52. The Hall–Kier alpha value is -2.24. The molecular formula is C14H17N5O. The lowest BCUT2D eigenvalue weighted by molar-refractivity contribution is -0.119. The Bertz CT molecular complexity index is 577. The number of tetrazole rings is 1. The fourth-order valence-electron chi connectivity index (χ4n) is 2.68. The predicted octanol–water partition coefficient (Wildman–Crippen LogP) is 1.90. The molecule has 1 aromatic carbocycles. The van der Waals surface area contributed by atoms with Crippen LogP contribution in [0.2, 0.25) is 0 Å². The van der Waals surface area contributed by atoms with Crippen LogP contribution in [0.15, 0.2) is 30.3 Å². The molecule has 0 saturated heterocycles. The second kappa shape index (κ2) is 5.03. The monoisotopic (exact) mass is 271 g/mol. The maximum atomic E-state index is 12.1. The first-order valence-corrected chi connectivity index (χ1v) is 6.79. The van der Waals surface area contributed by atoms with Crippen LogP contribution < -0.4 is 5.32 Å². The molecule has 20 heavy (non-hydrogen) atoms. The molecule has 1 unspecified atom stereocenters. The summed E-state index contributed by atoms with van der Waals surface area (Å²) in [5.41, 5.74) is 1.51. The molecule has 1 saturated carbocycles. The molecule has 6 nitrogen and oxygen atoms in total. The number of hydrogen-bond donors (Lipinski definition) is 2. The summed E-state index contributed by atoms with van der Waals surface area (Å²) in [4.78, 5) is 12.1. The van der Waals surface area contributed by atoms with Gasteiger partial charge in [-0.25, -0.2) is 0 Å². The first-order valence-electron chi connectivity index (χ1n) is 6.79.